The van der Waals surface area contributed by atoms with E-state index in [-0.39, 0.29) is 16.9 Å². The summed E-state index contributed by atoms with van der Waals surface area (Å²) in [5, 5.41) is 2.36. The van der Waals surface area contributed by atoms with Gasteiger partial charge in [-0.3, -0.25) is 19.7 Å². The molecule has 0 spiro atoms. The van der Waals surface area contributed by atoms with E-state index in [1.165, 1.54) is 6.08 Å². The number of thioether (sulfide) groups is 1. The number of rotatable bonds is 4. The molecule has 1 aliphatic rings. The highest BCUT2D eigenvalue weighted by atomic mass is 35.5. The van der Waals surface area contributed by atoms with Crippen molar-refractivity contribution in [2.45, 2.75) is 0 Å². The van der Waals surface area contributed by atoms with Crippen molar-refractivity contribution in [2.75, 3.05) is 0 Å². The molecule has 0 atom stereocenters. The van der Waals surface area contributed by atoms with Gasteiger partial charge in [-0.25, -0.2) is 0 Å². The van der Waals surface area contributed by atoms with Gasteiger partial charge in [0.2, 0.25) is 0 Å². The van der Waals surface area contributed by atoms with Crippen LogP contribution in [-0.2, 0) is 4.79 Å². The molecule has 4 nitrogen and oxygen atoms in total. The van der Waals surface area contributed by atoms with Gasteiger partial charge in [-0.05, 0) is 47.2 Å². The maximum atomic E-state index is 12.1. The second kappa shape index (κ2) is 7.51. The first-order chi connectivity index (χ1) is 12.0. The largest absolute Gasteiger partial charge is 0.290 e. The molecule has 1 fully saturated rings. The zero-order valence-corrected chi connectivity index (χ0v) is 14.4. The third-order valence-corrected chi connectivity index (χ3v) is 4.46. The van der Waals surface area contributed by atoms with Gasteiger partial charge in [-0.15, -0.1) is 0 Å². The van der Waals surface area contributed by atoms with Gasteiger partial charge < -0.3 is 0 Å². The molecule has 0 bridgehead atoms. The second-order valence-electron chi connectivity index (χ2n) is 5.23. The standard InChI is InChI=1S/C19H12ClNO3S/c20-15-3-1-2-14(11-15)16(22)9-8-12-4-6-13(7-5-12)10-17-18(23)21-19(24)25-17/h1-11H,(H,21,23,24)/b9-8+,17-10-. The first-order valence-electron chi connectivity index (χ1n) is 7.34. The molecule has 25 heavy (non-hydrogen) atoms. The molecule has 0 unspecified atom stereocenters. The van der Waals surface area contributed by atoms with E-state index in [0.29, 0.717) is 15.5 Å². The predicted octanol–water partition coefficient (Wildman–Crippen LogP) is 4.56. The molecule has 1 aliphatic heterocycles. The van der Waals surface area contributed by atoms with E-state index in [2.05, 4.69) is 5.32 Å². The highest BCUT2D eigenvalue weighted by Gasteiger charge is 2.24. The number of carbonyl (C=O) groups excluding carboxylic acids is 3. The first-order valence-corrected chi connectivity index (χ1v) is 8.53. The maximum Gasteiger partial charge on any atom is 0.290 e. The maximum absolute atomic E-state index is 12.1. The smallest absolute Gasteiger partial charge is 0.289 e. The number of carbonyl (C=O) groups is 3. The Morgan fingerprint density at radius 1 is 1.04 bits per heavy atom. The average molecular weight is 370 g/mol. The van der Waals surface area contributed by atoms with Crippen molar-refractivity contribution < 1.29 is 14.4 Å². The fourth-order valence-electron chi connectivity index (χ4n) is 2.19. The van der Waals surface area contributed by atoms with Crippen LogP contribution >= 0.6 is 23.4 Å². The van der Waals surface area contributed by atoms with Crippen LogP contribution in [0, 0.1) is 0 Å². The number of hydrogen-bond acceptors (Lipinski definition) is 4. The van der Waals surface area contributed by atoms with Gasteiger partial charge >= 0.3 is 0 Å². The van der Waals surface area contributed by atoms with E-state index in [4.69, 9.17) is 11.6 Å². The third kappa shape index (κ3) is 4.47. The van der Waals surface area contributed by atoms with E-state index in [1.54, 1.807) is 36.4 Å². The van der Waals surface area contributed by atoms with Crippen LogP contribution in [0.4, 0.5) is 4.79 Å². The lowest BCUT2D eigenvalue weighted by atomic mass is 10.1. The lowest BCUT2D eigenvalue weighted by Gasteiger charge is -1.98. The average Bonchev–Trinajstić information content (AvgIpc) is 2.91. The lowest BCUT2D eigenvalue weighted by Crippen LogP contribution is -2.17. The van der Waals surface area contributed by atoms with Crippen LogP contribution in [0.5, 0.6) is 0 Å². The molecule has 1 heterocycles. The van der Waals surface area contributed by atoms with E-state index in [0.717, 1.165) is 22.9 Å². The Balaban J connectivity index is 1.70. The Kier molecular flexibility index (Phi) is 5.16. The molecule has 124 valence electrons. The van der Waals surface area contributed by atoms with E-state index in [1.807, 2.05) is 24.3 Å². The number of benzene rings is 2. The van der Waals surface area contributed by atoms with Crippen molar-refractivity contribution >= 4 is 52.4 Å². The highest BCUT2D eigenvalue weighted by molar-refractivity contribution is 8.18. The van der Waals surface area contributed by atoms with Gasteiger partial charge in [0.1, 0.15) is 0 Å². The van der Waals surface area contributed by atoms with Crippen LogP contribution in [0.15, 0.2) is 59.5 Å². The minimum atomic E-state index is -0.383. The van der Waals surface area contributed by atoms with Crippen molar-refractivity contribution in [3.63, 3.8) is 0 Å². The third-order valence-electron chi connectivity index (χ3n) is 3.41. The fraction of sp³-hybridized carbons (Fsp3) is 0. The van der Waals surface area contributed by atoms with Crippen LogP contribution in [0.1, 0.15) is 21.5 Å². The van der Waals surface area contributed by atoms with Crippen molar-refractivity contribution in [3.8, 4) is 0 Å². The van der Waals surface area contributed by atoms with Crippen molar-refractivity contribution in [2.24, 2.45) is 0 Å². The number of nitrogens with one attached hydrogen (secondary N) is 1. The van der Waals surface area contributed by atoms with Crippen LogP contribution in [0.3, 0.4) is 0 Å². The molecule has 0 aromatic heterocycles. The van der Waals surface area contributed by atoms with Gasteiger partial charge in [-0.1, -0.05) is 54.1 Å². The van der Waals surface area contributed by atoms with E-state index in [9.17, 15) is 14.4 Å². The molecular weight excluding hydrogens is 358 g/mol. The van der Waals surface area contributed by atoms with Crippen LogP contribution < -0.4 is 5.32 Å². The Morgan fingerprint density at radius 2 is 1.76 bits per heavy atom. The SMILES string of the molecule is O=C1NC(=O)/C(=C/c2ccc(/C=C/C(=O)c3cccc(Cl)c3)cc2)S1. The second-order valence-corrected chi connectivity index (χ2v) is 6.68. The van der Waals surface area contributed by atoms with Crippen LogP contribution in [-0.4, -0.2) is 16.9 Å². The number of amides is 2. The van der Waals surface area contributed by atoms with Gasteiger partial charge in [0.05, 0.1) is 4.91 Å². The predicted molar refractivity (Wildman–Crippen MR) is 100 cm³/mol. The molecule has 2 aromatic rings. The number of halogens is 1. The van der Waals surface area contributed by atoms with Gasteiger partial charge in [0, 0.05) is 10.6 Å². The Bertz CT molecular complexity index is 917. The molecule has 0 saturated carbocycles. The molecule has 0 radical (unpaired) electrons. The van der Waals surface area contributed by atoms with Gasteiger partial charge in [-0.2, -0.15) is 0 Å². The number of imide groups is 1. The molecule has 1 saturated heterocycles. The summed E-state index contributed by atoms with van der Waals surface area (Å²) in [5.41, 5.74) is 2.17. The first kappa shape index (κ1) is 17.2. The van der Waals surface area contributed by atoms with E-state index < -0.39 is 0 Å². The normalized spacial score (nSPS) is 15.8. The summed E-state index contributed by atoms with van der Waals surface area (Å²) in [6, 6.07) is 14.1. The number of hydrogen-bond donors (Lipinski definition) is 1. The Labute approximate surface area is 153 Å². The Morgan fingerprint density at radius 3 is 2.40 bits per heavy atom. The molecule has 6 heteroatoms. The van der Waals surface area contributed by atoms with Crippen molar-refractivity contribution in [3.05, 3.63) is 81.2 Å². The fourth-order valence-corrected chi connectivity index (χ4v) is 3.06. The summed E-state index contributed by atoms with van der Waals surface area (Å²) in [5.74, 6) is -0.516. The molecular formula is C19H12ClNO3S. The minimum Gasteiger partial charge on any atom is -0.289 e. The van der Waals surface area contributed by atoms with Crippen molar-refractivity contribution in [1.29, 1.82) is 0 Å². The molecule has 3 rings (SSSR count). The van der Waals surface area contributed by atoms with Crippen LogP contribution in [0.2, 0.25) is 5.02 Å². The zero-order chi connectivity index (χ0) is 17.8. The highest BCUT2D eigenvalue weighted by Crippen LogP contribution is 2.25. The lowest BCUT2D eigenvalue weighted by molar-refractivity contribution is -0.115. The summed E-state index contributed by atoms with van der Waals surface area (Å²) in [4.78, 5) is 35.1. The van der Waals surface area contributed by atoms with E-state index >= 15 is 0 Å². The minimum absolute atomic E-state index is 0.133. The zero-order valence-electron chi connectivity index (χ0n) is 12.9. The summed E-state index contributed by atoms with van der Waals surface area (Å²) >= 11 is 6.76. The number of ketones is 1. The molecule has 2 aromatic carbocycles. The van der Waals surface area contributed by atoms with Gasteiger partial charge in [0.15, 0.2) is 5.78 Å². The molecule has 2 amide bonds. The summed E-state index contributed by atoms with van der Waals surface area (Å²) in [7, 11) is 0. The topological polar surface area (TPSA) is 63.2 Å². The summed E-state index contributed by atoms with van der Waals surface area (Å²) < 4.78 is 0. The summed E-state index contributed by atoms with van der Waals surface area (Å²) in [6.07, 6.45) is 4.84. The van der Waals surface area contributed by atoms with Crippen molar-refractivity contribution in [1.82, 2.24) is 5.32 Å². The number of allylic oxidation sites excluding steroid dienone is 1. The monoisotopic (exact) mass is 369 g/mol. The molecule has 0 aliphatic carbocycles. The van der Waals surface area contributed by atoms with Gasteiger partial charge in [0.25, 0.3) is 11.1 Å². The Hall–Kier alpha value is -2.63. The summed E-state index contributed by atoms with van der Waals surface area (Å²) in [6.45, 7) is 0. The van der Waals surface area contributed by atoms with Crippen LogP contribution in [0.25, 0.3) is 12.2 Å². The quantitative estimate of drug-likeness (QED) is 0.633. The molecule has 1 N–H and O–H groups in total.